The van der Waals surface area contributed by atoms with Crippen molar-refractivity contribution in [2.24, 2.45) is 5.10 Å². The minimum Gasteiger partial charge on any atom is -0.507 e. The molecule has 7 heteroatoms. The summed E-state index contributed by atoms with van der Waals surface area (Å²) in [4.78, 5) is 24.0. The number of aromatic hydroxyl groups is 1. The maximum atomic E-state index is 12.1. The van der Waals surface area contributed by atoms with Gasteiger partial charge >= 0.3 is 0 Å². The second-order valence-electron chi connectivity index (χ2n) is 5.44. The van der Waals surface area contributed by atoms with E-state index in [4.69, 9.17) is 11.6 Å². The molecule has 2 amide bonds. The first-order chi connectivity index (χ1) is 11.9. The fourth-order valence-electron chi connectivity index (χ4n) is 2.08. The Morgan fingerprint density at radius 3 is 2.60 bits per heavy atom. The molecule has 0 aromatic heterocycles. The van der Waals surface area contributed by atoms with Crippen LogP contribution in [0.25, 0.3) is 0 Å². The number of nitrogens with zero attached hydrogens (tertiary/aromatic N) is 1. The molecule has 0 saturated heterocycles. The number of rotatable bonds is 5. The molecule has 0 saturated carbocycles. The maximum Gasteiger partial charge on any atom is 0.275 e. The summed E-state index contributed by atoms with van der Waals surface area (Å²) in [6.45, 7) is 3.43. The van der Waals surface area contributed by atoms with Gasteiger partial charge in [0.1, 0.15) is 5.75 Å². The van der Waals surface area contributed by atoms with Crippen LogP contribution < -0.4 is 10.7 Å². The highest BCUT2D eigenvalue weighted by Crippen LogP contribution is 2.23. The van der Waals surface area contributed by atoms with Crippen LogP contribution in [0.5, 0.6) is 5.75 Å². The number of anilines is 1. The summed E-state index contributed by atoms with van der Waals surface area (Å²) in [7, 11) is 0. The molecular formula is C18H18ClN3O3. The number of hydrogen-bond donors (Lipinski definition) is 3. The predicted molar refractivity (Wildman–Crippen MR) is 98.1 cm³/mol. The number of benzene rings is 2. The summed E-state index contributed by atoms with van der Waals surface area (Å²) >= 11 is 6.02. The lowest BCUT2D eigenvalue weighted by molar-refractivity contribution is -0.115. The lowest BCUT2D eigenvalue weighted by atomic mass is 10.2. The van der Waals surface area contributed by atoms with Crippen molar-refractivity contribution in [3.05, 3.63) is 58.6 Å². The van der Waals surface area contributed by atoms with Crippen molar-refractivity contribution in [1.29, 1.82) is 0 Å². The number of carbonyl (C=O) groups is 2. The third kappa shape index (κ3) is 5.06. The van der Waals surface area contributed by atoms with Crippen LogP contribution in [-0.4, -0.2) is 22.6 Å². The number of halogens is 1. The predicted octanol–water partition coefficient (Wildman–Crippen LogP) is 3.49. The molecule has 0 fully saturated rings. The Hall–Kier alpha value is -2.86. The molecule has 0 unspecified atom stereocenters. The minimum atomic E-state index is -0.552. The third-order valence-corrected chi connectivity index (χ3v) is 3.86. The molecule has 0 aliphatic heterocycles. The zero-order chi connectivity index (χ0) is 18.4. The minimum absolute atomic E-state index is 0.00695. The number of phenols is 1. The molecule has 0 radical (unpaired) electrons. The standard InChI is InChI=1S/C18H18ClN3O3/c1-11(21-22-18(25)13-6-3-4-9-16(13)23)10-17(24)20-15-8-5-7-14(19)12(15)2/h3-9,23H,10H2,1-2H3,(H,20,24)(H,22,25)/b21-11-. The van der Waals surface area contributed by atoms with Gasteiger partial charge in [-0.25, -0.2) is 5.43 Å². The van der Waals surface area contributed by atoms with E-state index >= 15 is 0 Å². The molecule has 6 nitrogen and oxygen atoms in total. The van der Waals surface area contributed by atoms with E-state index in [0.29, 0.717) is 16.4 Å². The number of amides is 2. The lowest BCUT2D eigenvalue weighted by Gasteiger charge is -2.09. The smallest absolute Gasteiger partial charge is 0.275 e. The van der Waals surface area contributed by atoms with Crippen LogP contribution in [0.15, 0.2) is 47.6 Å². The first-order valence-electron chi connectivity index (χ1n) is 7.55. The van der Waals surface area contributed by atoms with E-state index in [0.717, 1.165) is 5.56 Å². The van der Waals surface area contributed by atoms with Crippen LogP contribution in [0, 0.1) is 6.92 Å². The van der Waals surface area contributed by atoms with E-state index < -0.39 is 5.91 Å². The Kier molecular flexibility index (Phi) is 6.14. The zero-order valence-corrected chi connectivity index (χ0v) is 14.6. The number of carbonyl (C=O) groups excluding carboxylic acids is 2. The first kappa shape index (κ1) is 18.5. The van der Waals surface area contributed by atoms with Crippen molar-refractivity contribution >= 4 is 34.8 Å². The van der Waals surface area contributed by atoms with E-state index in [1.54, 1.807) is 37.3 Å². The molecule has 25 heavy (non-hydrogen) atoms. The molecular weight excluding hydrogens is 342 g/mol. The van der Waals surface area contributed by atoms with Crippen LogP contribution in [0.3, 0.4) is 0 Å². The van der Waals surface area contributed by atoms with Gasteiger partial charge < -0.3 is 10.4 Å². The van der Waals surface area contributed by atoms with Gasteiger partial charge in [-0.3, -0.25) is 9.59 Å². The largest absolute Gasteiger partial charge is 0.507 e. The van der Waals surface area contributed by atoms with Gasteiger partial charge in [0.05, 0.1) is 12.0 Å². The Morgan fingerprint density at radius 2 is 1.88 bits per heavy atom. The number of nitrogens with one attached hydrogen (secondary N) is 2. The molecule has 0 aliphatic carbocycles. The van der Waals surface area contributed by atoms with Gasteiger partial charge in [0.15, 0.2) is 0 Å². The van der Waals surface area contributed by atoms with Crippen LogP contribution >= 0.6 is 11.6 Å². The summed E-state index contributed by atoms with van der Waals surface area (Å²) in [5.41, 5.74) is 4.25. The van der Waals surface area contributed by atoms with Crippen molar-refractivity contribution in [1.82, 2.24) is 5.43 Å². The monoisotopic (exact) mass is 359 g/mol. The zero-order valence-electron chi connectivity index (χ0n) is 13.8. The summed E-state index contributed by atoms with van der Waals surface area (Å²) in [5, 5.41) is 16.8. The first-order valence-corrected chi connectivity index (χ1v) is 7.92. The van der Waals surface area contributed by atoms with E-state index in [1.165, 1.54) is 12.1 Å². The molecule has 0 heterocycles. The highest BCUT2D eigenvalue weighted by Gasteiger charge is 2.11. The number of hydrazone groups is 1. The van der Waals surface area contributed by atoms with Crippen molar-refractivity contribution in [2.75, 3.05) is 5.32 Å². The Labute approximate surface area is 150 Å². The normalized spacial score (nSPS) is 11.1. The van der Waals surface area contributed by atoms with Crippen LogP contribution in [-0.2, 0) is 4.79 Å². The molecule has 130 valence electrons. The fraction of sp³-hybridized carbons (Fsp3) is 0.167. The van der Waals surface area contributed by atoms with E-state index in [1.807, 2.05) is 6.92 Å². The second-order valence-corrected chi connectivity index (χ2v) is 5.85. The van der Waals surface area contributed by atoms with Crippen molar-refractivity contribution in [3.63, 3.8) is 0 Å². The Morgan fingerprint density at radius 1 is 1.16 bits per heavy atom. The molecule has 3 N–H and O–H groups in total. The van der Waals surface area contributed by atoms with Crippen molar-refractivity contribution in [2.45, 2.75) is 20.3 Å². The van der Waals surface area contributed by atoms with Gasteiger partial charge in [-0.1, -0.05) is 29.8 Å². The second kappa shape index (κ2) is 8.30. The molecule has 0 bridgehead atoms. The quantitative estimate of drug-likeness (QED) is 0.563. The van der Waals surface area contributed by atoms with Crippen molar-refractivity contribution in [3.8, 4) is 5.75 Å². The fourth-order valence-corrected chi connectivity index (χ4v) is 2.26. The van der Waals surface area contributed by atoms with Gasteiger partial charge in [0.25, 0.3) is 5.91 Å². The lowest BCUT2D eigenvalue weighted by Crippen LogP contribution is -2.21. The topological polar surface area (TPSA) is 90.8 Å². The molecule has 0 spiro atoms. The summed E-state index contributed by atoms with van der Waals surface area (Å²) in [6, 6.07) is 11.4. The summed E-state index contributed by atoms with van der Waals surface area (Å²) in [6.07, 6.45) is 0.00695. The van der Waals surface area contributed by atoms with Gasteiger partial charge in [-0.15, -0.1) is 0 Å². The summed E-state index contributed by atoms with van der Waals surface area (Å²) in [5.74, 6) is -0.964. The summed E-state index contributed by atoms with van der Waals surface area (Å²) < 4.78 is 0. The molecule has 0 atom stereocenters. The Bertz CT molecular complexity index is 834. The van der Waals surface area contributed by atoms with Crippen LogP contribution in [0.1, 0.15) is 29.3 Å². The highest BCUT2D eigenvalue weighted by molar-refractivity contribution is 6.31. The van der Waals surface area contributed by atoms with Crippen LogP contribution in [0.4, 0.5) is 5.69 Å². The van der Waals surface area contributed by atoms with Gasteiger partial charge in [-0.2, -0.15) is 5.10 Å². The maximum absolute atomic E-state index is 12.1. The van der Waals surface area contributed by atoms with Crippen molar-refractivity contribution < 1.29 is 14.7 Å². The molecule has 2 aromatic rings. The van der Waals surface area contributed by atoms with Gasteiger partial charge in [-0.05, 0) is 43.7 Å². The average Bonchev–Trinajstić information content (AvgIpc) is 2.57. The van der Waals surface area contributed by atoms with Gasteiger partial charge in [0.2, 0.25) is 5.91 Å². The Balaban J connectivity index is 1.94. The van der Waals surface area contributed by atoms with Gasteiger partial charge in [0, 0.05) is 16.4 Å². The SMILES string of the molecule is C/C(CC(=O)Nc1cccc(Cl)c1C)=N/NC(=O)c1ccccc1O. The number of hydrogen-bond acceptors (Lipinski definition) is 4. The molecule has 0 aliphatic rings. The van der Waals surface area contributed by atoms with E-state index in [2.05, 4.69) is 15.8 Å². The third-order valence-electron chi connectivity index (χ3n) is 3.46. The number of para-hydroxylation sites is 1. The number of phenolic OH excluding ortho intramolecular Hbond substituents is 1. The van der Waals surface area contributed by atoms with E-state index in [-0.39, 0.29) is 23.6 Å². The van der Waals surface area contributed by atoms with E-state index in [9.17, 15) is 14.7 Å². The highest BCUT2D eigenvalue weighted by atomic mass is 35.5. The average molecular weight is 360 g/mol. The molecule has 2 aromatic carbocycles. The van der Waals surface area contributed by atoms with Crippen LogP contribution in [0.2, 0.25) is 5.02 Å². The molecule has 2 rings (SSSR count).